The Hall–Kier alpha value is -0.530. The number of aryl methyl sites for hydroxylation is 2. The Kier molecular flexibility index (Phi) is 5.13. The minimum atomic E-state index is 0.728. The van der Waals surface area contributed by atoms with E-state index in [1.807, 2.05) is 13.1 Å². The highest BCUT2D eigenvalue weighted by atomic mass is 35.5. The lowest BCUT2D eigenvalue weighted by Crippen LogP contribution is -2.16. The molecule has 1 atom stereocenters. The van der Waals surface area contributed by atoms with E-state index in [-0.39, 0.29) is 0 Å². The van der Waals surface area contributed by atoms with Crippen molar-refractivity contribution >= 4 is 11.6 Å². The van der Waals surface area contributed by atoms with E-state index in [0.717, 1.165) is 23.9 Å². The number of benzene rings is 1. The SMILES string of the molecule is CNCC(C)CCc1ccc(Cl)c(C)c1. The summed E-state index contributed by atoms with van der Waals surface area (Å²) in [5.74, 6) is 0.728. The van der Waals surface area contributed by atoms with Gasteiger partial charge < -0.3 is 5.32 Å². The van der Waals surface area contributed by atoms with Crippen molar-refractivity contribution in [3.05, 3.63) is 34.3 Å². The summed E-state index contributed by atoms with van der Waals surface area (Å²) in [6.07, 6.45) is 2.36. The molecule has 0 heterocycles. The predicted molar refractivity (Wildman–Crippen MR) is 67.6 cm³/mol. The third-order valence-electron chi connectivity index (χ3n) is 2.70. The molecule has 0 aliphatic rings. The number of nitrogens with one attached hydrogen (secondary N) is 1. The second-order valence-corrected chi connectivity index (χ2v) is 4.69. The maximum absolute atomic E-state index is 5.98. The fourth-order valence-corrected chi connectivity index (χ4v) is 1.84. The van der Waals surface area contributed by atoms with Crippen molar-refractivity contribution in [1.82, 2.24) is 5.32 Å². The first-order valence-electron chi connectivity index (χ1n) is 5.53. The fraction of sp³-hybridized carbons (Fsp3) is 0.538. The van der Waals surface area contributed by atoms with Crippen molar-refractivity contribution in [2.75, 3.05) is 13.6 Å². The number of halogens is 1. The van der Waals surface area contributed by atoms with Crippen LogP contribution in [0.1, 0.15) is 24.5 Å². The second-order valence-electron chi connectivity index (χ2n) is 4.29. The Morgan fingerprint density at radius 1 is 1.40 bits per heavy atom. The van der Waals surface area contributed by atoms with Gasteiger partial charge in [0.15, 0.2) is 0 Å². The average Bonchev–Trinajstić information content (AvgIpc) is 2.20. The Bertz CT molecular complexity index is 309. The van der Waals surface area contributed by atoms with Crippen LogP contribution in [0.4, 0.5) is 0 Å². The van der Waals surface area contributed by atoms with Crippen LogP contribution in [0.25, 0.3) is 0 Å². The van der Waals surface area contributed by atoms with Crippen molar-refractivity contribution < 1.29 is 0 Å². The van der Waals surface area contributed by atoms with Crippen LogP contribution < -0.4 is 5.32 Å². The van der Waals surface area contributed by atoms with Crippen LogP contribution in [0.5, 0.6) is 0 Å². The molecule has 0 aliphatic carbocycles. The van der Waals surface area contributed by atoms with Gasteiger partial charge in [-0.25, -0.2) is 0 Å². The van der Waals surface area contributed by atoms with Crippen LogP contribution in [0, 0.1) is 12.8 Å². The summed E-state index contributed by atoms with van der Waals surface area (Å²) in [4.78, 5) is 0. The van der Waals surface area contributed by atoms with Crippen molar-refractivity contribution in [3.8, 4) is 0 Å². The zero-order chi connectivity index (χ0) is 11.3. The minimum absolute atomic E-state index is 0.728. The Morgan fingerprint density at radius 3 is 2.73 bits per heavy atom. The molecule has 0 aliphatic heterocycles. The van der Waals surface area contributed by atoms with Crippen molar-refractivity contribution in [1.29, 1.82) is 0 Å². The van der Waals surface area contributed by atoms with E-state index in [2.05, 4.69) is 31.3 Å². The molecule has 0 fully saturated rings. The van der Waals surface area contributed by atoms with Crippen molar-refractivity contribution in [3.63, 3.8) is 0 Å². The van der Waals surface area contributed by atoms with E-state index in [1.54, 1.807) is 0 Å². The third-order valence-corrected chi connectivity index (χ3v) is 3.12. The fourth-order valence-electron chi connectivity index (χ4n) is 1.73. The highest BCUT2D eigenvalue weighted by Crippen LogP contribution is 2.18. The van der Waals surface area contributed by atoms with Crippen LogP contribution in [0.2, 0.25) is 5.02 Å². The first-order valence-corrected chi connectivity index (χ1v) is 5.91. The van der Waals surface area contributed by atoms with Gasteiger partial charge in [-0.1, -0.05) is 30.7 Å². The topological polar surface area (TPSA) is 12.0 Å². The summed E-state index contributed by atoms with van der Waals surface area (Å²) < 4.78 is 0. The summed E-state index contributed by atoms with van der Waals surface area (Å²) in [6, 6.07) is 6.31. The monoisotopic (exact) mass is 225 g/mol. The first kappa shape index (κ1) is 12.5. The van der Waals surface area contributed by atoms with Crippen LogP contribution in [0.15, 0.2) is 18.2 Å². The molecule has 1 rings (SSSR count). The van der Waals surface area contributed by atoms with Gasteiger partial charge in [-0.3, -0.25) is 0 Å². The molecule has 0 saturated heterocycles. The smallest absolute Gasteiger partial charge is 0.0435 e. The molecule has 84 valence electrons. The Labute approximate surface area is 97.8 Å². The number of hydrogen-bond acceptors (Lipinski definition) is 1. The summed E-state index contributed by atoms with van der Waals surface area (Å²) in [7, 11) is 2.00. The van der Waals surface area contributed by atoms with Crippen LogP contribution in [0.3, 0.4) is 0 Å². The minimum Gasteiger partial charge on any atom is -0.319 e. The average molecular weight is 226 g/mol. The van der Waals surface area contributed by atoms with E-state index < -0.39 is 0 Å². The lowest BCUT2D eigenvalue weighted by molar-refractivity contribution is 0.505. The van der Waals surface area contributed by atoms with E-state index in [9.17, 15) is 0 Å². The maximum atomic E-state index is 5.98. The molecule has 0 saturated carbocycles. The quantitative estimate of drug-likeness (QED) is 0.810. The van der Waals surface area contributed by atoms with Gasteiger partial charge in [-0.15, -0.1) is 0 Å². The number of hydrogen-bond donors (Lipinski definition) is 1. The van der Waals surface area contributed by atoms with Crippen LogP contribution in [-0.2, 0) is 6.42 Å². The zero-order valence-electron chi connectivity index (χ0n) is 9.81. The van der Waals surface area contributed by atoms with Gasteiger partial charge in [0.05, 0.1) is 0 Å². The highest BCUT2D eigenvalue weighted by molar-refractivity contribution is 6.31. The molecule has 2 heteroatoms. The molecule has 1 nitrogen and oxygen atoms in total. The molecule has 0 radical (unpaired) electrons. The van der Waals surface area contributed by atoms with Crippen molar-refractivity contribution in [2.24, 2.45) is 5.92 Å². The summed E-state index contributed by atoms with van der Waals surface area (Å²) >= 11 is 5.98. The Morgan fingerprint density at radius 2 is 2.13 bits per heavy atom. The molecule has 0 bridgehead atoms. The summed E-state index contributed by atoms with van der Waals surface area (Å²) in [5, 5.41) is 4.07. The highest BCUT2D eigenvalue weighted by Gasteiger charge is 2.02. The summed E-state index contributed by atoms with van der Waals surface area (Å²) in [5.41, 5.74) is 2.57. The van der Waals surface area contributed by atoms with Gasteiger partial charge in [-0.2, -0.15) is 0 Å². The molecule has 15 heavy (non-hydrogen) atoms. The maximum Gasteiger partial charge on any atom is 0.0435 e. The first-order chi connectivity index (χ1) is 7.13. The standard InChI is InChI=1S/C13H20ClN/c1-10(9-15-3)4-5-12-6-7-13(14)11(2)8-12/h6-8,10,15H,4-5,9H2,1-3H3. The van der Waals surface area contributed by atoms with Gasteiger partial charge in [0.1, 0.15) is 0 Å². The molecule has 1 aromatic rings. The zero-order valence-corrected chi connectivity index (χ0v) is 10.6. The molecule has 1 unspecified atom stereocenters. The molecule has 0 amide bonds. The lowest BCUT2D eigenvalue weighted by Gasteiger charge is -2.10. The van der Waals surface area contributed by atoms with Crippen LogP contribution >= 0.6 is 11.6 Å². The van der Waals surface area contributed by atoms with Gasteiger partial charge in [0.25, 0.3) is 0 Å². The van der Waals surface area contributed by atoms with Crippen molar-refractivity contribution in [2.45, 2.75) is 26.7 Å². The second kappa shape index (κ2) is 6.14. The lowest BCUT2D eigenvalue weighted by atomic mass is 10.00. The molecular weight excluding hydrogens is 206 g/mol. The van der Waals surface area contributed by atoms with Gasteiger partial charge in [-0.05, 0) is 56.5 Å². The Balaban J connectivity index is 2.47. The molecular formula is C13H20ClN. The molecule has 1 N–H and O–H groups in total. The predicted octanol–water partition coefficient (Wildman–Crippen LogP) is 3.44. The van der Waals surface area contributed by atoms with E-state index >= 15 is 0 Å². The number of rotatable bonds is 5. The molecule has 1 aromatic carbocycles. The summed E-state index contributed by atoms with van der Waals surface area (Å²) in [6.45, 7) is 5.43. The van der Waals surface area contributed by atoms with Crippen LogP contribution in [-0.4, -0.2) is 13.6 Å². The molecule has 0 aromatic heterocycles. The third kappa shape index (κ3) is 4.23. The normalized spacial score (nSPS) is 12.8. The van der Waals surface area contributed by atoms with E-state index in [1.165, 1.54) is 17.5 Å². The van der Waals surface area contributed by atoms with Gasteiger partial charge in [0.2, 0.25) is 0 Å². The van der Waals surface area contributed by atoms with Gasteiger partial charge >= 0.3 is 0 Å². The van der Waals surface area contributed by atoms with E-state index in [0.29, 0.717) is 0 Å². The largest absolute Gasteiger partial charge is 0.319 e. The molecule has 0 spiro atoms. The van der Waals surface area contributed by atoms with E-state index in [4.69, 9.17) is 11.6 Å². The van der Waals surface area contributed by atoms with Gasteiger partial charge in [0, 0.05) is 5.02 Å².